The van der Waals surface area contributed by atoms with Gasteiger partial charge in [-0.25, -0.2) is 4.98 Å². The van der Waals surface area contributed by atoms with Gasteiger partial charge in [-0.05, 0) is 68.4 Å². The van der Waals surface area contributed by atoms with Crippen molar-refractivity contribution < 1.29 is 14.3 Å². The summed E-state index contributed by atoms with van der Waals surface area (Å²) in [6.07, 6.45) is 7.83. The SMILES string of the molecule is O=C(NCc1ccnc(OC2CCCC2)c1)C1CCCN1C(=O)c1cc(Cl)cc(Cl)c1. The first-order chi connectivity index (χ1) is 15.0. The maximum absolute atomic E-state index is 13.0. The van der Waals surface area contributed by atoms with E-state index in [4.69, 9.17) is 27.9 Å². The highest BCUT2D eigenvalue weighted by atomic mass is 35.5. The predicted octanol–water partition coefficient (Wildman–Crippen LogP) is 4.63. The molecule has 2 amide bonds. The van der Waals surface area contributed by atoms with Crippen LogP contribution in [0, 0.1) is 0 Å². The minimum absolute atomic E-state index is 0.172. The Bertz CT molecular complexity index is 943. The summed E-state index contributed by atoms with van der Waals surface area (Å²) in [6.45, 7) is 0.875. The minimum Gasteiger partial charge on any atom is -0.474 e. The largest absolute Gasteiger partial charge is 0.474 e. The Morgan fingerprint density at radius 1 is 1.06 bits per heavy atom. The summed E-state index contributed by atoms with van der Waals surface area (Å²) in [5.41, 5.74) is 1.30. The Morgan fingerprint density at radius 3 is 2.55 bits per heavy atom. The number of ether oxygens (including phenoxy) is 1. The molecule has 1 atom stereocenters. The molecule has 1 aliphatic heterocycles. The third kappa shape index (κ3) is 5.49. The van der Waals surface area contributed by atoms with Gasteiger partial charge in [-0.1, -0.05) is 23.2 Å². The first-order valence-corrected chi connectivity index (χ1v) is 11.4. The van der Waals surface area contributed by atoms with Crippen LogP contribution in [0.2, 0.25) is 10.0 Å². The van der Waals surface area contributed by atoms with Crippen molar-refractivity contribution >= 4 is 35.0 Å². The van der Waals surface area contributed by atoms with Crippen LogP contribution in [-0.4, -0.2) is 40.4 Å². The fourth-order valence-electron chi connectivity index (χ4n) is 4.23. The van der Waals surface area contributed by atoms with Crippen LogP contribution in [-0.2, 0) is 11.3 Å². The lowest BCUT2D eigenvalue weighted by Gasteiger charge is -2.24. The first-order valence-electron chi connectivity index (χ1n) is 10.7. The van der Waals surface area contributed by atoms with Crippen LogP contribution in [0.15, 0.2) is 36.5 Å². The smallest absolute Gasteiger partial charge is 0.254 e. The number of pyridine rings is 1. The number of nitrogens with one attached hydrogen (secondary N) is 1. The Balaban J connectivity index is 1.37. The van der Waals surface area contributed by atoms with E-state index in [0.717, 1.165) is 24.8 Å². The average molecular weight is 462 g/mol. The van der Waals surface area contributed by atoms with Gasteiger partial charge in [-0.2, -0.15) is 0 Å². The second-order valence-electron chi connectivity index (χ2n) is 8.06. The van der Waals surface area contributed by atoms with Gasteiger partial charge in [-0.3, -0.25) is 9.59 Å². The molecule has 6 nitrogen and oxygen atoms in total. The summed E-state index contributed by atoms with van der Waals surface area (Å²) in [5, 5.41) is 3.74. The predicted molar refractivity (Wildman–Crippen MR) is 119 cm³/mol. The van der Waals surface area contributed by atoms with Crippen molar-refractivity contribution in [1.29, 1.82) is 0 Å². The quantitative estimate of drug-likeness (QED) is 0.680. The number of carbonyl (C=O) groups excluding carboxylic acids is 2. The Hall–Kier alpha value is -2.31. The van der Waals surface area contributed by atoms with Crippen molar-refractivity contribution in [2.45, 2.75) is 57.2 Å². The number of likely N-dealkylation sites (tertiary alicyclic amines) is 1. The van der Waals surface area contributed by atoms with Gasteiger partial charge in [0.05, 0.1) is 0 Å². The summed E-state index contributed by atoms with van der Waals surface area (Å²) in [6, 6.07) is 7.93. The van der Waals surface area contributed by atoms with Crippen molar-refractivity contribution in [3.05, 3.63) is 57.7 Å². The first kappa shape index (κ1) is 21.9. The van der Waals surface area contributed by atoms with Gasteiger partial charge >= 0.3 is 0 Å². The van der Waals surface area contributed by atoms with E-state index >= 15 is 0 Å². The number of halogens is 2. The van der Waals surface area contributed by atoms with Crippen molar-refractivity contribution in [2.24, 2.45) is 0 Å². The van der Waals surface area contributed by atoms with Crippen LogP contribution in [0.5, 0.6) is 5.88 Å². The van der Waals surface area contributed by atoms with E-state index in [1.54, 1.807) is 29.3 Å². The van der Waals surface area contributed by atoms with Crippen LogP contribution < -0.4 is 10.1 Å². The van der Waals surface area contributed by atoms with Crippen LogP contribution in [0.4, 0.5) is 0 Å². The molecule has 8 heteroatoms. The van der Waals surface area contributed by atoms with Crippen molar-refractivity contribution in [2.75, 3.05) is 6.54 Å². The highest BCUT2D eigenvalue weighted by molar-refractivity contribution is 6.35. The normalized spacial score (nSPS) is 18.9. The molecule has 2 aromatic rings. The zero-order valence-corrected chi connectivity index (χ0v) is 18.7. The molecule has 1 aliphatic carbocycles. The summed E-state index contributed by atoms with van der Waals surface area (Å²) >= 11 is 12.1. The number of amides is 2. The van der Waals surface area contributed by atoms with Gasteiger partial charge in [-0.15, -0.1) is 0 Å². The van der Waals surface area contributed by atoms with Gasteiger partial charge in [0.2, 0.25) is 11.8 Å². The maximum Gasteiger partial charge on any atom is 0.254 e. The summed E-state index contributed by atoms with van der Waals surface area (Å²) in [7, 11) is 0. The van der Waals surface area contributed by atoms with Crippen molar-refractivity contribution in [3.8, 4) is 5.88 Å². The third-order valence-electron chi connectivity index (χ3n) is 5.78. The van der Waals surface area contributed by atoms with Crippen molar-refractivity contribution in [3.63, 3.8) is 0 Å². The van der Waals surface area contributed by atoms with Crippen molar-refractivity contribution in [1.82, 2.24) is 15.2 Å². The molecule has 2 heterocycles. The molecule has 1 aromatic heterocycles. The second-order valence-corrected chi connectivity index (χ2v) is 8.93. The molecule has 1 aromatic carbocycles. The molecule has 1 unspecified atom stereocenters. The van der Waals surface area contributed by atoms with E-state index in [-0.39, 0.29) is 17.9 Å². The van der Waals surface area contributed by atoms with E-state index in [2.05, 4.69) is 10.3 Å². The Morgan fingerprint density at radius 2 is 1.81 bits per heavy atom. The summed E-state index contributed by atoms with van der Waals surface area (Å²) in [4.78, 5) is 31.7. The zero-order chi connectivity index (χ0) is 21.8. The van der Waals surface area contributed by atoms with Crippen LogP contribution in [0.3, 0.4) is 0 Å². The highest BCUT2D eigenvalue weighted by Gasteiger charge is 2.34. The molecule has 4 rings (SSSR count). The van der Waals surface area contributed by atoms with Gasteiger partial charge in [0, 0.05) is 41.0 Å². The lowest BCUT2D eigenvalue weighted by atomic mass is 10.1. The second kappa shape index (κ2) is 9.88. The fraction of sp³-hybridized carbons (Fsp3) is 0.435. The van der Waals surface area contributed by atoms with Gasteiger partial charge in [0.15, 0.2) is 0 Å². The van der Waals surface area contributed by atoms with Gasteiger partial charge in [0.1, 0.15) is 12.1 Å². The molecule has 2 aliphatic rings. The number of rotatable bonds is 6. The van der Waals surface area contributed by atoms with Crippen LogP contribution in [0.1, 0.15) is 54.4 Å². The lowest BCUT2D eigenvalue weighted by Crippen LogP contribution is -2.45. The third-order valence-corrected chi connectivity index (χ3v) is 6.22. The lowest BCUT2D eigenvalue weighted by molar-refractivity contribution is -0.125. The molecule has 164 valence electrons. The molecular formula is C23H25Cl2N3O3. The Kier molecular flexibility index (Phi) is 6.98. The molecule has 0 radical (unpaired) electrons. The molecule has 0 bridgehead atoms. The maximum atomic E-state index is 13.0. The molecule has 1 saturated heterocycles. The van der Waals surface area contributed by atoms with Gasteiger partial charge in [0.25, 0.3) is 5.91 Å². The molecule has 1 saturated carbocycles. The van der Waals surface area contributed by atoms with E-state index in [1.807, 2.05) is 12.1 Å². The topological polar surface area (TPSA) is 71.5 Å². The summed E-state index contributed by atoms with van der Waals surface area (Å²) in [5.74, 6) is 0.182. The molecule has 2 fully saturated rings. The average Bonchev–Trinajstić information content (AvgIpc) is 3.43. The molecule has 1 N–H and O–H groups in total. The monoisotopic (exact) mass is 461 g/mol. The number of carbonyl (C=O) groups is 2. The van der Waals surface area contributed by atoms with E-state index in [9.17, 15) is 9.59 Å². The van der Waals surface area contributed by atoms with Crippen LogP contribution >= 0.6 is 23.2 Å². The number of nitrogens with zero attached hydrogens (tertiary/aromatic N) is 2. The summed E-state index contributed by atoms with van der Waals surface area (Å²) < 4.78 is 5.94. The molecular weight excluding hydrogens is 437 g/mol. The number of hydrogen-bond donors (Lipinski definition) is 1. The van der Waals surface area contributed by atoms with Gasteiger partial charge < -0.3 is 15.0 Å². The van der Waals surface area contributed by atoms with E-state index in [0.29, 0.717) is 41.0 Å². The fourth-order valence-corrected chi connectivity index (χ4v) is 4.76. The van der Waals surface area contributed by atoms with Crippen LogP contribution in [0.25, 0.3) is 0 Å². The number of hydrogen-bond acceptors (Lipinski definition) is 4. The van der Waals surface area contributed by atoms with E-state index in [1.165, 1.54) is 12.8 Å². The Labute approximate surface area is 191 Å². The standard InChI is InChI=1S/C23H25Cl2N3O3/c24-17-11-16(12-18(25)13-17)23(30)28-9-3-6-20(28)22(29)27-14-15-7-8-26-21(10-15)31-19-4-1-2-5-19/h7-8,10-13,19-20H,1-6,9,14H2,(H,27,29). The number of aromatic nitrogens is 1. The van der Waals surface area contributed by atoms with E-state index < -0.39 is 6.04 Å². The highest BCUT2D eigenvalue weighted by Crippen LogP contribution is 2.25. The molecule has 0 spiro atoms. The zero-order valence-electron chi connectivity index (χ0n) is 17.2. The minimum atomic E-state index is -0.513. The molecule has 31 heavy (non-hydrogen) atoms. The number of benzene rings is 1.